The smallest absolute Gasteiger partial charge is 0.336 e. The van der Waals surface area contributed by atoms with Gasteiger partial charge in [-0.15, -0.1) is 0 Å². The summed E-state index contributed by atoms with van der Waals surface area (Å²) in [5, 5.41) is 3.44. The Labute approximate surface area is 178 Å². The maximum atomic E-state index is 12.3. The third-order valence-corrected chi connectivity index (χ3v) is 4.75. The van der Waals surface area contributed by atoms with Gasteiger partial charge >= 0.3 is 5.63 Å². The van der Waals surface area contributed by atoms with Gasteiger partial charge in [-0.25, -0.2) is 4.79 Å². The number of rotatable bonds is 6. The molecule has 0 atom stereocenters. The average Bonchev–Trinajstić information content (AvgIpc) is 2.77. The van der Waals surface area contributed by atoms with Gasteiger partial charge in [0.25, 0.3) is 5.91 Å². The highest BCUT2D eigenvalue weighted by molar-refractivity contribution is 6.04. The Morgan fingerprint density at radius 1 is 0.935 bits per heavy atom. The molecule has 0 saturated carbocycles. The molecule has 6 heteroatoms. The number of Topliss-reactive ketones (excluding diaryl/α,β-unsaturated/α-hetero) is 1. The fourth-order valence-electron chi connectivity index (χ4n) is 3.32. The summed E-state index contributed by atoms with van der Waals surface area (Å²) < 4.78 is 10.9. The number of para-hydroxylation sites is 1. The SMILES string of the molecule is CC(=O)c1ccccc1NC(=O)COc1ccc2c(-c3ccccc3)cc(=O)oc2c1. The number of carbonyl (C=O) groups is 2. The van der Waals surface area contributed by atoms with Crippen molar-refractivity contribution in [2.24, 2.45) is 0 Å². The number of benzene rings is 3. The second-order valence-electron chi connectivity index (χ2n) is 6.94. The highest BCUT2D eigenvalue weighted by Crippen LogP contribution is 2.29. The second-order valence-corrected chi connectivity index (χ2v) is 6.94. The summed E-state index contributed by atoms with van der Waals surface area (Å²) in [6, 6.07) is 22.9. The number of ketones is 1. The lowest BCUT2D eigenvalue weighted by molar-refractivity contribution is -0.118. The van der Waals surface area contributed by atoms with Crippen molar-refractivity contribution in [1.82, 2.24) is 0 Å². The molecule has 1 N–H and O–H groups in total. The molecule has 0 radical (unpaired) electrons. The van der Waals surface area contributed by atoms with Crippen molar-refractivity contribution in [1.29, 1.82) is 0 Å². The Kier molecular flexibility index (Phi) is 5.62. The van der Waals surface area contributed by atoms with Gasteiger partial charge in [0.1, 0.15) is 11.3 Å². The summed E-state index contributed by atoms with van der Waals surface area (Å²) in [4.78, 5) is 36.0. The fraction of sp³-hybridized carbons (Fsp3) is 0.0800. The largest absolute Gasteiger partial charge is 0.484 e. The standard InChI is InChI=1S/C25H19NO5/c1-16(27)19-9-5-6-10-22(19)26-24(28)15-30-18-11-12-20-21(17-7-3-2-4-8-17)14-25(29)31-23(20)13-18/h2-14H,15H2,1H3,(H,26,28). The molecule has 0 aliphatic heterocycles. The van der Waals surface area contributed by atoms with E-state index in [0.29, 0.717) is 22.6 Å². The van der Waals surface area contributed by atoms with Crippen LogP contribution in [0.5, 0.6) is 5.75 Å². The summed E-state index contributed by atoms with van der Waals surface area (Å²) in [6.07, 6.45) is 0. The Morgan fingerprint density at radius 3 is 2.45 bits per heavy atom. The summed E-state index contributed by atoms with van der Waals surface area (Å²) in [6.45, 7) is 1.17. The lowest BCUT2D eigenvalue weighted by Crippen LogP contribution is -2.21. The summed E-state index contributed by atoms with van der Waals surface area (Å²) in [5.74, 6) is -0.167. The van der Waals surface area contributed by atoms with Crippen LogP contribution in [0, 0.1) is 0 Å². The molecule has 4 aromatic rings. The predicted octanol–water partition coefficient (Wildman–Crippen LogP) is 4.68. The average molecular weight is 413 g/mol. The van der Waals surface area contributed by atoms with Crippen molar-refractivity contribution in [3.63, 3.8) is 0 Å². The van der Waals surface area contributed by atoms with Crippen LogP contribution >= 0.6 is 0 Å². The van der Waals surface area contributed by atoms with E-state index in [-0.39, 0.29) is 12.4 Å². The molecule has 1 aromatic heterocycles. The maximum absolute atomic E-state index is 12.3. The van der Waals surface area contributed by atoms with Crippen LogP contribution in [0.3, 0.4) is 0 Å². The molecule has 6 nitrogen and oxygen atoms in total. The zero-order valence-corrected chi connectivity index (χ0v) is 16.8. The Balaban J connectivity index is 1.53. The number of hydrogen-bond acceptors (Lipinski definition) is 5. The first kappa shape index (κ1) is 20.1. The molecule has 0 aliphatic carbocycles. The van der Waals surface area contributed by atoms with Crippen LogP contribution < -0.4 is 15.7 Å². The molecular formula is C25H19NO5. The molecule has 0 saturated heterocycles. The first-order chi connectivity index (χ1) is 15.0. The zero-order valence-electron chi connectivity index (χ0n) is 16.8. The Morgan fingerprint density at radius 2 is 1.68 bits per heavy atom. The molecule has 154 valence electrons. The number of ether oxygens (including phenoxy) is 1. The van der Waals surface area contributed by atoms with E-state index in [2.05, 4.69) is 5.32 Å². The number of fused-ring (bicyclic) bond motifs is 1. The minimum Gasteiger partial charge on any atom is -0.484 e. The van der Waals surface area contributed by atoms with Crippen molar-refractivity contribution in [2.75, 3.05) is 11.9 Å². The van der Waals surface area contributed by atoms with E-state index in [1.54, 1.807) is 42.5 Å². The first-order valence-electron chi connectivity index (χ1n) is 9.67. The molecule has 0 bridgehead atoms. The highest BCUT2D eigenvalue weighted by atomic mass is 16.5. The normalized spacial score (nSPS) is 10.6. The molecule has 0 fully saturated rings. The van der Waals surface area contributed by atoms with E-state index in [0.717, 1.165) is 16.5 Å². The summed E-state index contributed by atoms with van der Waals surface area (Å²) in [5.41, 5.74) is 2.42. The van der Waals surface area contributed by atoms with Crippen molar-refractivity contribution in [3.8, 4) is 16.9 Å². The molecule has 3 aromatic carbocycles. The molecular weight excluding hydrogens is 394 g/mol. The minimum atomic E-state index is -0.470. The van der Waals surface area contributed by atoms with Crippen molar-refractivity contribution in [3.05, 3.63) is 94.8 Å². The zero-order chi connectivity index (χ0) is 21.8. The van der Waals surface area contributed by atoms with Crippen LogP contribution in [0.1, 0.15) is 17.3 Å². The van der Waals surface area contributed by atoms with Crippen LogP contribution in [0.4, 0.5) is 5.69 Å². The summed E-state index contributed by atoms with van der Waals surface area (Å²) in [7, 11) is 0. The topological polar surface area (TPSA) is 85.6 Å². The first-order valence-corrected chi connectivity index (χ1v) is 9.67. The lowest BCUT2D eigenvalue weighted by Gasteiger charge is -2.11. The van der Waals surface area contributed by atoms with Gasteiger partial charge in [-0.2, -0.15) is 0 Å². The number of nitrogens with one attached hydrogen (secondary N) is 1. The Hall–Kier alpha value is -4.19. The predicted molar refractivity (Wildman–Crippen MR) is 118 cm³/mol. The van der Waals surface area contributed by atoms with Gasteiger partial charge < -0.3 is 14.5 Å². The molecule has 31 heavy (non-hydrogen) atoms. The van der Waals surface area contributed by atoms with E-state index in [9.17, 15) is 14.4 Å². The lowest BCUT2D eigenvalue weighted by atomic mass is 10.0. The van der Waals surface area contributed by atoms with Gasteiger partial charge in [-0.3, -0.25) is 9.59 Å². The van der Waals surface area contributed by atoms with Gasteiger partial charge in [0.15, 0.2) is 12.4 Å². The number of carbonyl (C=O) groups excluding carboxylic acids is 2. The third kappa shape index (κ3) is 4.53. The number of hydrogen-bond donors (Lipinski definition) is 1. The molecule has 0 spiro atoms. The van der Waals surface area contributed by atoms with Crippen LogP contribution in [-0.2, 0) is 4.79 Å². The van der Waals surface area contributed by atoms with Gasteiger partial charge in [-0.1, -0.05) is 42.5 Å². The highest BCUT2D eigenvalue weighted by Gasteiger charge is 2.12. The number of amides is 1. The van der Waals surface area contributed by atoms with Crippen molar-refractivity contribution < 1.29 is 18.7 Å². The molecule has 1 heterocycles. The van der Waals surface area contributed by atoms with Crippen LogP contribution in [0.2, 0.25) is 0 Å². The van der Waals surface area contributed by atoms with E-state index in [1.165, 1.54) is 13.0 Å². The van der Waals surface area contributed by atoms with E-state index < -0.39 is 11.5 Å². The minimum absolute atomic E-state index is 0.143. The van der Waals surface area contributed by atoms with Gasteiger partial charge in [0, 0.05) is 23.1 Å². The van der Waals surface area contributed by atoms with Gasteiger partial charge in [0.05, 0.1) is 5.69 Å². The maximum Gasteiger partial charge on any atom is 0.336 e. The van der Waals surface area contributed by atoms with E-state index >= 15 is 0 Å². The monoisotopic (exact) mass is 413 g/mol. The third-order valence-electron chi connectivity index (χ3n) is 4.75. The van der Waals surface area contributed by atoms with Gasteiger partial charge in [0.2, 0.25) is 0 Å². The van der Waals surface area contributed by atoms with E-state index in [4.69, 9.17) is 9.15 Å². The van der Waals surface area contributed by atoms with Crippen molar-refractivity contribution >= 4 is 28.3 Å². The molecule has 0 unspecified atom stereocenters. The van der Waals surface area contributed by atoms with Crippen LogP contribution in [-0.4, -0.2) is 18.3 Å². The molecule has 1 amide bonds. The fourth-order valence-corrected chi connectivity index (χ4v) is 3.32. The number of anilines is 1. The van der Waals surface area contributed by atoms with Gasteiger partial charge in [-0.05, 0) is 42.3 Å². The van der Waals surface area contributed by atoms with Crippen molar-refractivity contribution in [2.45, 2.75) is 6.92 Å². The Bertz CT molecular complexity index is 1320. The van der Waals surface area contributed by atoms with Crippen LogP contribution in [0.15, 0.2) is 88.1 Å². The van der Waals surface area contributed by atoms with Crippen LogP contribution in [0.25, 0.3) is 22.1 Å². The molecule has 0 aliphatic rings. The quantitative estimate of drug-likeness (QED) is 0.366. The molecule has 4 rings (SSSR count). The summed E-state index contributed by atoms with van der Waals surface area (Å²) >= 11 is 0. The second kappa shape index (κ2) is 8.67. The van der Waals surface area contributed by atoms with E-state index in [1.807, 2.05) is 30.3 Å².